The number of para-hydroxylation sites is 1. The predicted molar refractivity (Wildman–Crippen MR) is 196 cm³/mol. The number of aromatic amines is 1. The molecule has 2 heterocycles. The molecule has 0 bridgehead atoms. The molecule has 3 aromatic carbocycles. The summed E-state index contributed by atoms with van der Waals surface area (Å²) in [5, 5.41) is 3.67. The number of amides is 1. The number of rotatable bonds is 16. The summed E-state index contributed by atoms with van der Waals surface area (Å²) in [7, 11) is 6.55. The van der Waals surface area contributed by atoms with Crippen LogP contribution in [0.15, 0.2) is 48.5 Å². The molecule has 1 saturated heterocycles. The topological polar surface area (TPSA) is 101 Å². The van der Waals surface area contributed by atoms with Gasteiger partial charge in [0.25, 0.3) is 5.91 Å². The third kappa shape index (κ3) is 8.85. The number of anilines is 1. The number of likely N-dealkylation sites (tertiary alicyclic amines) is 1. The minimum Gasteiger partial charge on any atom is -0.493 e. The second-order valence-electron chi connectivity index (χ2n) is 13.0. The molecular weight excluding hydrogens is 618 g/mol. The van der Waals surface area contributed by atoms with Crippen molar-refractivity contribution in [1.29, 1.82) is 0 Å². The second kappa shape index (κ2) is 16.9. The third-order valence-electron chi connectivity index (χ3n) is 9.79. The number of benzene rings is 3. The largest absolute Gasteiger partial charge is 0.493 e. The van der Waals surface area contributed by atoms with E-state index in [4.69, 9.17) is 23.9 Å². The Morgan fingerprint density at radius 1 is 1.02 bits per heavy atom. The summed E-state index contributed by atoms with van der Waals surface area (Å²) in [4.78, 5) is 26.5. The quantitative estimate of drug-likeness (QED) is 0.129. The molecule has 2 N–H and O–H groups in total. The van der Waals surface area contributed by atoms with Gasteiger partial charge in [0.15, 0.2) is 11.5 Å². The Morgan fingerprint density at radius 2 is 1.76 bits per heavy atom. The molecule has 0 spiro atoms. The minimum absolute atomic E-state index is 0.0908. The number of nitrogens with one attached hydrogen (secondary N) is 2. The van der Waals surface area contributed by atoms with Crippen LogP contribution in [0, 0.1) is 13.8 Å². The first-order valence-electron chi connectivity index (χ1n) is 17.4. The van der Waals surface area contributed by atoms with Gasteiger partial charge in [-0.1, -0.05) is 30.3 Å². The van der Waals surface area contributed by atoms with E-state index in [1.165, 1.54) is 22.3 Å². The molecule has 0 aliphatic carbocycles. The fourth-order valence-electron chi connectivity index (χ4n) is 6.74. The summed E-state index contributed by atoms with van der Waals surface area (Å²) >= 11 is 0. The SMILES string of the molecule is CCOCCc1cccc2[nH]c(NC3CCN(CCC(CN(C)C(=O)c4cc(OC)c(OC)c(OC)c4)c4ccc(C)c(C)c4)CC3)nc12. The molecule has 4 aromatic rings. The second-order valence-corrected chi connectivity index (χ2v) is 13.0. The number of hydrogen-bond donors (Lipinski definition) is 2. The molecule has 1 fully saturated rings. The van der Waals surface area contributed by atoms with Crippen molar-refractivity contribution >= 4 is 22.9 Å². The molecular formula is C39H53N5O5. The highest BCUT2D eigenvalue weighted by Crippen LogP contribution is 2.38. The van der Waals surface area contributed by atoms with Gasteiger partial charge < -0.3 is 39.0 Å². The number of nitrogens with zero attached hydrogens (tertiary/aromatic N) is 3. The molecule has 5 rings (SSSR count). The highest BCUT2D eigenvalue weighted by molar-refractivity contribution is 5.95. The van der Waals surface area contributed by atoms with Crippen LogP contribution in [0.5, 0.6) is 17.2 Å². The fourth-order valence-corrected chi connectivity index (χ4v) is 6.74. The maximum absolute atomic E-state index is 13.7. The molecule has 1 unspecified atom stereocenters. The maximum atomic E-state index is 13.7. The number of ether oxygens (including phenoxy) is 4. The molecule has 0 saturated carbocycles. The number of imidazole rings is 1. The van der Waals surface area contributed by atoms with Crippen LogP contribution < -0.4 is 19.5 Å². The van der Waals surface area contributed by atoms with Gasteiger partial charge in [-0.05, 0) is 93.5 Å². The number of piperidine rings is 1. The molecule has 10 heteroatoms. The Balaban J connectivity index is 1.21. The monoisotopic (exact) mass is 671 g/mol. The van der Waals surface area contributed by atoms with Gasteiger partial charge in [0.1, 0.15) is 0 Å². The van der Waals surface area contributed by atoms with Crippen LogP contribution in [-0.4, -0.2) is 99.5 Å². The molecule has 1 aromatic heterocycles. The molecule has 1 amide bonds. The molecule has 264 valence electrons. The van der Waals surface area contributed by atoms with Crippen LogP contribution in [0.2, 0.25) is 0 Å². The van der Waals surface area contributed by atoms with E-state index in [9.17, 15) is 4.79 Å². The van der Waals surface area contributed by atoms with Gasteiger partial charge in [0, 0.05) is 50.8 Å². The number of H-pyrrole nitrogens is 1. The van der Waals surface area contributed by atoms with Crippen molar-refractivity contribution in [2.75, 3.05) is 73.1 Å². The van der Waals surface area contributed by atoms with E-state index in [-0.39, 0.29) is 11.8 Å². The minimum atomic E-state index is -0.0908. The lowest BCUT2D eigenvalue weighted by molar-refractivity contribution is 0.0781. The van der Waals surface area contributed by atoms with Crippen molar-refractivity contribution in [2.45, 2.75) is 58.4 Å². The van der Waals surface area contributed by atoms with E-state index in [1.54, 1.807) is 33.5 Å². The molecule has 1 aliphatic heterocycles. The highest BCUT2D eigenvalue weighted by atomic mass is 16.5. The summed E-state index contributed by atoms with van der Waals surface area (Å²) in [6.45, 7) is 11.3. The Kier molecular flexibility index (Phi) is 12.4. The molecule has 49 heavy (non-hydrogen) atoms. The van der Waals surface area contributed by atoms with E-state index < -0.39 is 0 Å². The predicted octanol–water partition coefficient (Wildman–Crippen LogP) is 6.61. The van der Waals surface area contributed by atoms with Gasteiger partial charge >= 0.3 is 0 Å². The lowest BCUT2D eigenvalue weighted by Crippen LogP contribution is -2.40. The number of methoxy groups -OCH3 is 3. The van der Waals surface area contributed by atoms with Gasteiger partial charge in [0.05, 0.1) is 39.0 Å². The first kappa shape index (κ1) is 36.0. The highest BCUT2D eigenvalue weighted by Gasteiger charge is 2.25. The van der Waals surface area contributed by atoms with Crippen molar-refractivity contribution in [3.05, 3.63) is 76.3 Å². The third-order valence-corrected chi connectivity index (χ3v) is 9.79. The van der Waals surface area contributed by atoms with Crippen LogP contribution in [0.1, 0.15) is 64.7 Å². The summed E-state index contributed by atoms with van der Waals surface area (Å²) in [5.74, 6) is 2.32. The normalized spacial score (nSPS) is 14.5. The number of hydrogen-bond acceptors (Lipinski definition) is 8. The number of fused-ring (bicyclic) bond motifs is 1. The van der Waals surface area contributed by atoms with Gasteiger partial charge in [0.2, 0.25) is 11.7 Å². The number of aromatic nitrogens is 2. The first-order valence-corrected chi connectivity index (χ1v) is 17.4. The Morgan fingerprint density at radius 3 is 2.41 bits per heavy atom. The van der Waals surface area contributed by atoms with Gasteiger partial charge in [-0.25, -0.2) is 4.98 Å². The zero-order valence-corrected chi connectivity index (χ0v) is 30.2. The number of carbonyl (C=O) groups is 1. The zero-order chi connectivity index (χ0) is 34.9. The molecule has 1 atom stereocenters. The zero-order valence-electron chi connectivity index (χ0n) is 30.2. The van der Waals surface area contributed by atoms with Crippen LogP contribution in [-0.2, 0) is 11.2 Å². The summed E-state index contributed by atoms with van der Waals surface area (Å²) in [6.07, 6.45) is 3.89. The fraction of sp³-hybridized carbons (Fsp3) is 0.487. The maximum Gasteiger partial charge on any atom is 0.253 e. The molecule has 1 aliphatic rings. The average molecular weight is 672 g/mol. The van der Waals surface area contributed by atoms with E-state index in [0.717, 1.165) is 68.9 Å². The molecule has 0 radical (unpaired) electrons. The van der Waals surface area contributed by atoms with Crippen molar-refractivity contribution in [3.8, 4) is 17.2 Å². The van der Waals surface area contributed by atoms with E-state index >= 15 is 0 Å². The van der Waals surface area contributed by atoms with E-state index in [0.29, 0.717) is 42.0 Å². The number of likely N-dealkylation sites (N-methyl/N-ethyl adjacent to an activating group) is 1. The summed E-state index contributed by atoms with van der Waals surface area (Å²) < 4.78 is 22.1. The van der Waals surface area contributed by atoms with Crippen molar-refractivity contribution < 1.29 is 23.7 Å². The van der Waals surface area contributed by atoms with Crippen molar-refractivity contribution in [1.82, 2.24) is 19.8 Å². The van der Waals surface area contributed by atoms with Crippen molar-refractivity contribution in [3.63, 3.8) is 0 Å². The van der Waals surface area contributed by atoms with Gasteiger partial charge in [-0.3, -0.25) is 4.79 Å². The Bertz CT molecular complexity index is 1670. The van der Waals surface area contributed by atoms with E-state index in [1.807, 2.05) is 18.9 Å². The van der Waals surface area contributed by atoms with E-state index in [2.05, 4.69) is 65.4 Å². The standard InChI is InChI=1S/C39H53N5O5/c1-8-49-21-17-28-10-9-11-33-36(28)42-39(41-33)40-32-15-19-44(20-16-32)18-14-30(29-13-12-26(2)27(3)22-29)25-43(4)38(45)31-23-34(46-5)37(48-7)35(24-31)47-6/h9-13,22-24,30,32H,8,14-21,25H2,1-7H3,(H2,40,41,42). The Labute approximate surface area is 291 Å². The lowest BCUT2D eigenvalue weighted by Gasteiger charge is -2.34. The number of carbonyl (C=O) groups excluding carboxylic acids is 1. The summed E-state index contributed by atoms with van der Waals surface area (Å²) in [6, 6.07) is 16.8. The smallest absolute Gasteiger partial charge is 0.253 e. The van der Waals surface area contributed by atoms with Gasteiger partial charge in [-0.2, -0.15) is 0 Å². The Hall–Kier alpha value is -4.28. The first-order chi connectivity index (χ1) is 23.7. The van der Waals surface area contributed by atoms with Crippen LogP contribution in [0.4, 0.5) is 5.95 Å². The summed E-state index contributed by atoms with van der Waals surface area (Å²) in [5.41, 5.74) is 7.57. The van der Waals surface area contributed by atoms with Crippen LogP contribution in [0.25, 0.3) is 11.0 Å². The number of aryl methyl sites for hydroxylation is 2. The van der Waals surface area contributed by atoms with Crippen LogP contribution in [0.3, 0.4) is 0 Å². The molecule has 10 nitrogen and oxygen atoms in total. The average Bonchev–Trinajstić information content (AvgIpc) is 3.54. The lowest BCUT2D eigenvalue weighted by atomic mass is 9.91. The van der Waals surface area contributed by atoms with Gasteiger partial charge in [-0.15, -0.1) is 0 Å². The van der Waals surface area contributed by atoms with Crippen molar-refractivity contribution in [2.24, 2.45) is 0 Å². The van der Waals surface area contributed by atoms with Crippen LogP contribution >= 0.6 is 0 Å².